The molecule has 1 amide bonds. The molecule has 0 spiro atoms. The number of hydrogen-bond acceptors (Lipinski definition) is 3. The average Bonchev–Trinajstić information content (AvgIpc) is 2.11. The van der Waals surface area contributed by atoms with Gasteiger partial charge in [-0.3, -0.25) is 9.59 Å². The Kier molecular flexibility index (Phi) is 3.02. The molecule has 0 atom stereocenters. The third kappa shape index (κ3) is 2.55. The van der Waals surface area contributed by atoms with Crippen molar-refractivity contribution in [2.24, 2.45) is 7.05 Å². The number of nitrogens with one attached hydrogen (secondary N) is 1. The summed E-state index contributed by atoms with van der Waals surface area (Å²) in [5, 5.41) is 2.36. The van der Waals surface area contributed by atoms with Gasteiger partial charge in [-0.05, 0) is 0 Å². The fourth-order valence-corrected chi connectivity index (χ4v) is 0.773. The van der Waals surface area contributed by atoms with Gasteiger partial charge < -0.3 is 9.88 Å². The molecule has 0 radical (unpaired) electrons. The first-order valence-corrected chi connectivity index (χ1v) is 4.05. The van der Waals surface area contributed by atoms with Crippen molar-refractivity contribution in [3.05, 3.63) is 22.7 Å². The molecule has 1 rings (SSSR count). The Morgan fingerprint density at radius 2 is 2.46 bits per heavy atom. The highest BCUT2D eigenvalue weighted by Gasteiger charge is 2.01. The molecule has 5 nitrogen and oxygen atoms in total. The normalized spacial score (nSPS) is 9.69. The molecule has 0 aromatic carbocycles. The highest BCUT2D eigenvalue weighted by atomic mass is 35.5. The summed E-state index contributed by atoms with van der Waals surface area (Å²) in [5.41, 5.74) is -0.236. The zero-order chi connectivity index (χ0) is 9.84. The monoisotopic (exact) mass is 201 g/mol. The van der Waals surface area contributed by atoms with Crippen molar-refractivity contribution in [2.45, 2.75) is 0 Å². The molecule has 1 heterocycles. The van der Waals surface area contributed by atoms with Crippen LogP contribution in [0.3, 0.4) is 0 Å². The van der Waals surface area contributed by atoms with E-state index < -0.39 is 0 Å². The molecule has 13 heavy (non-hydrogen) atoms. The van der Waals surface area contributed by atoms with Gasteiger partial charge in [-0.25, -0.2) is 4.98 Å². The van der Waals surface area contributed by atoms with E-state index in [-0.39, 0.29) is 23.2 Å². The quantitative estimate of drug-likeness (QED) is 0.683. The van der Waals surface area contributed by atoms with Gasteiger partial charge in [0.15, 0.2) is 0 Å². The second-order valence-corrected chi connectivity index (χ2v) is 2.67. The van der Waals surface area contributed by atoms with Crippen LogP contribution in [-0.4, -0.2) is 21.3 Å². The largest absolute Gasteiger partial charge is 0.309 e. The minimum Gasteiger partial charge on any atom is -0.309 e. The van der Waals surface area contributed by atoms with Gasteiger partial charge in [-0.1, -0.05) is 0 Å². The highest BCUT2D eigenvalue weighted by molar-refractivity contribution is 6.28. The van der Waals surface area contributed by atoms with Crippen molar-refractivity contribution in [3.8, 4) is 0 Å². The number of halogens is 1. The fourth-order valence-electron chi connectivity index (χ4n) is 0.706. The average molecular weight is 202 g/mol. The van der Waals surface area contributed by atoms with Crippen LogP contribution in [0.15, 0.2) is 17.2 Å². The molecule has 0 unspecified atom stereocenters. The number of hydrogen-bond donors (Lipinski definition) is 1. The molecular formula is C7H8ClN3O2. The summed E-state index contributed by atoms with van der Waals surface area (Å²) in [7, 11) is 1.57. The molecule has 0 saturated heterocycles. The van der Waals surface area contributed by atoms with E-state index in [1.165, 1.54) is 17.0 Å². The SMILES string of the molecule is Cn1cnc(NC(=O)CCl)cc1=O. The lowest BCUT2D eigenvalue weighted by atomic mass is 10.5. The molecule has 1 N–H and O–H groups in total. The minimum absolute atomic E-state index is 0.156. The summed E-state index contributed by atoms with van der Waals surface area (Å²) in [5.74, 6) is -0.326. The van der Waals surface area contributed by atoms with Crippen molar-refractivity contribution in [2.75, 3.05) is 11.2 Å². The van der Waals surface area contributed by atoms with Crippen LogP contribution in [-0.2, 0) is 11.8 Å². The minimum atomic E-state index is -0.387. The number of carbonyl (C=O) groups is 1. The summed E-state index contributed by atoms with van der Waals surface area (Å²) < 4.78 is 1.30. The van der Waals surface area contributed by atoms with Crippen LogP contribution < -0.4 is 10.9 Å². The van der Waals surface area contributed by atoms with Crippen molar-refractivity contribution in [3.63, 3.8) is 0 Å². The van der Waals surface area contributed by atoms with Crippen molar-refractivity contribution in [1.29, 1.82) is 0 Å². The molecule has 1 aromatic rings. The molecule has 0 aliphatic rings. The summed E-state index contributed by atoms with van der Waals surface area (Å²) in [4.78, 5) is 25.6. The maximum Gasteiger partial charge on any atom is 0.255 e. The van der Waals surface area contributed by atoms with Gasteiger partial charge in [-0.15, -0.1) is 11.6 Å². The van der Waals surface area contributed by atoms with E-state index in [1.807, 2.05) is 0 Å². The first kappa shape index (κ1) is 9.73. The third-order valence-corrected chi connectivity index (χ3v) is 1.61. The topological polar surface area (TPSA) is 64.0 Å². The van der Waals surface area contributed by atoms with Gasteiger partial charge in [0, 0.05) is 13.1 Å². The van der Waals surface area contributed by atoms with Crippen LogP contribution in [0.5, 0.6) is 0 Å². The molecule has 0 fully saturated rings. The first-order valence-electron chi connectivity index (χ1n) is 3.52. The van der Waals surface area contributed by atoms with E-state index >= 15 is 0 Å². The lowest BCUT2D eigenvalue weighted by Gasteiger charge is -2.01. The Morgan fingerprint density at radius 3 is 3.00 bits per heavy atom. The summed E-state index contributed by atoms with van der Waals surface area (Å²) in [6.07, 6.45) is 1.33. The van der Waals surface area contributed by atoms with Crippen LogP contribution in [0.4, 0.5) is 5.82 Å². The Morgan fingerprint density at radius 1 is 1.77 bits per heavy atom. The second-order valence-electron chi connectivity index (χ2n) is 2.41. The van der Waals surface area contributed by atoms with Crippen LogP contribution in [0.2, 0.25) is 0 Å². The van der Waals surface area contributed by atoms with Gasteiger partial charge in [-0.2, -0.15) is 0 Å². The predicted molar refractivity (Wildman–Crippen MR) is 48.8 cm³/mol. The van der Waals surface area contributed by atoms with E-state index in [0.29, 0.717) is 0 Å². The molecule has 6 heteroatoms. The van der Waals surface area contributed by atoms with Crippen molar-refractivity contribution < 1.29 is 4.79 Å². The predicted octanol–water partition coefficient (Wildman–Crippen LogP) is -0.0424. The van der Waals surface area contributed by atoms with E-state index in [2.05, 4.69) is 10.3 Å². The van der Waals surface area contributed by atoms with Crippen LogP contribution in [0.25, 0.3) is 0 Å². The zero-order valence-corrected chi connectivity index (χ0v) is 7.71. The third-order valence-electron chi connectivity index (χ3n) is 1.37. The molecule has 70 valence electrons. The van der Waals surface area contributed by atoms with Crippen LogP contribution >= 0.6 is 11.6 Å². The number of alkyl halides is 1. The Bertz CT molecular complexity index is 374. The van der Waals surface area contributed by atoms with Gasteiger partial charge >= 0.3 is 0 Å². The molecule has 0 bridgehead atoms. The molecule has 0 aliphatic carbocycles. The van der Waals surface area contributed by atoms with Crippen molar-refractivity contribution >= 4 is 23.3 Å². The van der Waals surface area contributed by atoms with Gasteiger partial charge in [0.05, 0.1) is 6.33 Å². The first-order chi connectivity index (χ1) is 6.13. The van der Waals surface area contributed by atoms with Gasteiger partial charge in [0.25, 0.3) is 5.56 Å². The van der Waals surface area contributed by atoms with E-state index in [9.17, 15) is 9.59 Å². The smallest absolute Gasteiger partial charge is 0.255 e. The standard InChI is InChI=1S/C7H8ClN3O2/c1-11-4-9-5(2-7(11)13)10-6(12)3-8/h2,4H,3H2,1H3,(H,10,12). The van der Waals surface area contributed by atoms with Gasteiger partial charge in [0.1, 0.15) is 11.7 Å². The fraction of sp³-hybridized carbons (Fsp3) is 0.286. The van der Waals surface area contributed by atoms with Crippen LogP contribution in [0, 0.1) is 0 Å². The van der Waals surface area contributed by atoms with Crippen molar-refractivity contribution in [1.82, 2.24) is 9.55 Å². The van der Waals surface area contributed by atoms with E-state index in [1.54, 1.807) is 7.05 Å². The molecule has 0 saturated carbocycles. The number of aromatic nitrogens is 2. The molecular weight excluding hydrogens is 194 g/mol. The summed E-state index contributed by atoms with van der Waals surface area (Å²) in [6.45, 7) is 0. The van der Waals surface area contributed by atoms with Gasteiger partial charge in [0.2, 0.25) is 5.91 Å². The van der Waals surface area contributed by atoms with E-state index in [4.69, 9.17) is 11.6 Å². The maximum atomic E-state index is 11.0. The Balaban J connectivity index is 2.86. The molecule has 1 aromatic heterocycles. The number of carbonyl (C=O) groups excluding carboxylic acids is 1. The Labute approximate surface area is 79.4 Å². The number of amides is 1. The van der Waals surface area contributed by atoms with E-state index in [0.717, 1.165) is 0 Å². The van der Waals surface area contributed by atoms with Crippen LogP contribution in [0.1, 0.15) is 0 Å². The summed E-state index contributed by atoms with van der Waals surface area (Å²) >= 11 is 5.25. The lowest BCUT2D eigenvalue weighted by molar-refractivity contribution is -0.113. The lowest BCUT2D eigenvalue weighted by Crippen LogP contribution is -2.20. The maximum absolute atomic E-state index is 11.0. The zero-order valence-electron chi connectivity index (χ0n) is 6.95. The number of aryl methyl sites for hydroxylation is 1. The highest BCUT2D eigenvalue weighted by Crippen LogP contribution is 1.95. The summed E-state index contributed by atoms with van der Waals surface area (Å²) in [6, 6.07) is 1.23. The number of rotatable bonds is 2. The number of nitrogens with zero attached hydrogens (tertiary/aromatic N) is 2. The molecule has 0 aliphatic heterocycles. The second kappa shape index (κ2) is 4.04. The Hall–Kier alpha value is -1.36. The number of anilines is 1.